The zero-order valence-corrected chi connectivity index (χ0v) is 14.5. The number of ether oxygens (including phenoxy) is 1. The number of amides is 1. The number of halogens is 2. The van der Waals surface area contributed by atoms with Crippen molar-refractivity contribution in [1.29, 1.82) is 0 Å². The maximum Gasteiger partial charge on any atom is 0.387 e. The fourth-order valence-corrected chi connectivity index (χ4v) is 3.42. The molecule has 2 aromatic rings. The van der Waals surface area contributed by atoms with Crippen LogP contribution in [0.1, 0.15) is 43.0 Å². The van der Waals surface area contributed by atoms with Crippen LogP contribution in [0.15, 0.2) is 30.5 Å². The number of aliphatic hydroxyl groups excluding tert-OH is 1. The van der Waals surface area contributed by atoms with Crippen molar-refractivity contribution in [3.8, 4) is 5.75 Å². The van der Waals surface area contributed by atoms with Crippen molar-refractivity contribution >= 4 is 16.8 Å². The second kappa shape index (κ2) is 7.95. The lowest BCUT2D eigenvalue weighted by Gasteiger charge is -2.30. The molecule has 1 fully saturated rings. The molecule has 5 nitrogen and oxygen atoms in total. The van der Waals surface area contributed by atoms with Gasteiger partial charge in [0.05, 0.1) is 17.2 Å². The number of hydrogen-bond acceptors (Lipinski definition) is 4. The SMILES string of the molecule is CC(O)[C@H]1CC[C@H](NC(=O)c2cnc3cc(OC(F)F)ccc3c2)CC1. The second-order valence-corrected chi connectivity index (χ2v) is 6.78. The van der Waals surface area contributed by atoms with Gasteiger partial charge in [0.2, 0.25) is 0 Å². The maximum absolute atomic E-state index is 12.5. The van der Waals surface area contributed by atoms with Gasteiger partial charge in [0.15, 0.2) is 0 Å². The minimum Gasteiger partial charge on any atom is -0.435 e. The van der Waals surface area contributed by atoms with Crippen LogP contribution >= 0.6 is 0 Å². The van der Waals surface area contributed by atoms with Crippen LogP contribution in [0.2, 0.25) is 0 Å². The van der Waals surface area contributed by atoms with Gasteiger partial charge in [-0.2, -0.15) is 8.78 Å². The number of fused-ring (bicyclic) bond motifs is 1. The third-order valence-corrected chi connectivity index (χ3v) is 4.93. The Morgan fingerprint density at radius 3 is 2.65 bits per heavy atom. The largest absolute Gasteiger partial charge is 0.435 e. The summed E-state index contributed by atoms with van der Waals surface area (Å²) in [5.74, 6) is 0.134. The highest BCUT2D eigenvalue weighted by Crippen LogP contribution is 2.27. The Kier molecular flexibility index (Phi) is 5.66. The number of rotatable bonds is 5. The van der Waals surface area contributed by atoms with Crippen LogP contribution in [0.3, 0.4) is 0 Å². The molecule has 1 aromatic heterocycles. The van der Waals surface area contributed by atoms with E-state index in [1.54, 1.807) is 12.1 Å². The van der Waals surface area contributed by atoms with Gasteiger partial charge in [-0.1, -0.05) is 0 Å². The summed E-state index contributed by atoms with van der Waals surface area (Å²) in [5.41, 5.74) is 0.912. The average Bonchev–Trinajstić information content (AvgIpc) is 2.61. The van der Waals surface area contributed by atoms with Crippen LogP contribution in [0, 0.1) is 5.92 Å². The molecule has 1 heterocycles. The lowest BCUT2D eigenvalue weighted by molar-refractivity contribution is -0.0497. The first-order chi connectivity index (χ1) is 12.4. The summed E-state index contributed by atoms with van der Waals surface area (Å²) in [6.07, 6.45) is 4.60. The van der Waals surface area contributed by atoms with E-state index in [1.165, 1.54) is 18.3 Å². The number of nitrogens with one attached hydrogen (secondary N) is 1. The third kappa shape index (κ3) is 4.46. The predicted octanol–water partition coefficient (Wildman–Crippen LogP) is 3.51. The summed E-state index contributed by atoms with van der Waals surface area (Å²) in [7, 11) is 0. The molecule has 3 rings (SSSR count). The molecule has 2 N–H and O–H groups in total. The van der Waals surface area contributed by atoms with Gasteiger partial charge >= 0.3 is 6.61 Å². The smallest absolute Gasteiger partial charge is 0.387 e. The van der Waals surface area contributed by atoms with Gasteiger partial charge in [-0.3, -0.25) is 9.78 Å². The lowest BCUT2D eigenvalue weighted by atomic mass is 9.83. The average molecular weight is 364 g/mol. The molecule has 7 heteroatoms. The predicted molar refractivity (Wildman–Crippen MR) is 93.3 cm³/mol. The van der Waals surface area contributed by atoms with E-state index in [1.807, 2.05) is 6.92 Å². The number of aromatic nitrogens is 1. The van der Waals surface area contributed by atoms with Gasteiger partial charge in [-0.05, 0) is 56.7 Å². The van der Waals surface area contributed by atoms with Gasteiger partial charge in [-0.15, -0.1) is 0 Å². The van der Waals surface area contributed by atoms with Crippen molar-refractivity contribution in [3.05, 3.63) is 36.0 Å². The molecule has 1 unspecified atom stereocenters. The first-order valence-corrected chi connectivity index (χ1v) is 8.76. The van der Waals surface area contributed by atoms with Crippen LogP contribution in [0.5, 0.6) is 5.75 Å². The monoisotopic (exact) mass is 364 g/mol. The molecule has 1 atom stereocenters. The summed E-state index contributed by atoms with van der Waals surface area (Å²) >= 11 is 0. The summed E-state index contributed by atoms with van der Waals surface area (Å²) in [6.45, 7) is -1.08. The van der Waals surface area contributed by atoms with Crippen LogP contribution in [-0.2, 0) is 0 Å². The van der Waals surface area contributed by atoms with Crippen molar-refractivity contribution in [2.24, 2.45) is 5.92 Å². The van der Waals surface area contributed by atoms with Gasteiger partial charge in [-0.25, -0.2) is 0 Å². The van der Waals surface area contributed by atoms with Crippen LogP contribution in [0.4, 0.5) is 8.78 Å². The zero-order valence-electron chi connectivity index (χ0n) is 14.5. The second-order valence-electron chi connectivity index (χ2n) is 6.78. The van der Waals surface area contributed by atoms with Gasteiger partial charge in [0.25, 0.3) is 5.91 Å². The first-order valence-electron chi connectivity index (χ1n) is 8.76. The Hall–Kier alpha value is -2.28. The number of pyridine rings is 1. The summed E-state index contributed by atoms with van der Waals surface area (Å²) in [6, 6.07) is 6.22. The molecule has 0 bridgehead atoms. The maximum atomic E-state index is 12.5. The van der Waals surface area contributed by atoms with Gasteiger partial charge < -0.3 is 15.2 Å². The first kappa shape index (κ1) is 18.5. The number of nitrogens with zero attached hydrogens (tertiary/aromatic N) is 1. The van der Waals surface area contributed by atoms with E-state index in [0.29, 0.717) is 22.4 Å². The van der Waals surface area contributed by atoms with Crippen LogP contribution in [-0.4, -0.2) is 34.8 Å². The number of carbonyl (C=O) groups excluding carboxylic acids is 1. The van der Waals surface area contributed by atoms with Crippen LogP contribution in [0.25, 0.3) is 10.9 Å². The highest BCUT2D eigenvalue weighted by Gasteiger charge is 2.25. The third-order valence-electron chi connectivity index (χ3n) is 4.93. The Bertz CT molecular complexity index is 774. The van der Waals surface area contributed by atoms with Crippen LogP contribution < -0.4 is 10.1 Å². The normalized spacial score (nSPS) is 21.6. The van der Waals surface area contributed by atoms with E-state index in [-0.39, 0.29) is 23.8 Å². The minimum atomic E-state index is -2.89. The molecule has 0 spiro atoms. The summed E-state index contributed by atoms with van der Waals surface area (Å²) in [5, 5.41) is 13.3. The van der Waals surface area contributed by atoms with Gasteiger partial charge in [0, 0.05) is 23.7 Å². The van der Waals surface area contributed by atoms with E-state index in [9.17, 15) is 18.7 Å². The molecular formula is C19H22F2N2O3. The molecule has 1 saturated carbocycles. The number of benzene rings is 1. The topological polar surface area (TPSA) is 71.5 Å². The fourth-order valence-electron chi connectivity index (χ4n) is 3.42. The quantitative estimate of drug-likeness (QED) is 0.852. The molecule has 0 radical (unpaired) electrons. The fraction of sp³-hybridized carbons (Fsp3) is 0.474. The zero-order chi connectivity index (χ0) is 18.7. The lowest BCUT2D eigenvalue weighted by Crippen LogP contribution is -2.39. The van der Waals surface area contributed by atoms with Crippen molar-refractivity contribution in [2.75, 3.05) is 0 Å². The number of aliphatic hydroxyl groups is 1. The van der Waals surface area contributed by atoms with E-state index in [4.69, 9.17) is 0 Å². The van der Waals surface area contributed by atoms with E-state index in [0.717, 1.165) is 25.7 Å². The van der Waals surface area contributed by atoms with E-state index >= 15 is 0 Å². The molecular weight excluding hydrogens is 342 g/mol. The number of hydrogen-bond donors (Lipinski definition) is 2. The van der Waals surface area contributed by atoms with Crippen molar-refractivity contribution in [3.63, 3.8) is 0 Å². The Morgan fingerprint density at radius 2 is 2.00 bits per heavy atom. The number of carbonyl (C=O) groups is 1. The van der Waals surface area contributed by atoms with Gasteiger partial charge in [0.1, 0.15) is 5.75 Å². The standard InChI is InChI=1S/C19H22F2N2O3/c1-11(24)12-2-5-15(6-3-12)23-18(25)14-8-13-4-7-16(26-19(20)21)9-17(13)22-10-14/h4,7-12,15,19,24H,2-3,5-6H2,1H3,(H,23,25)/t11?,12-,15-. The number of alkyl halides is 2. The van der Waals surface area contributed by atoms with Crippen molar-refractivity contribution < 1.29 is 23.4 Å². The molecule has 1 aromatic carbocycles. The molecule has 1 amide bonds. The Balaban J connectivity index is 1.65. The molecule has 26 heavy (non-hydrogen) atoms. The van der Waals surface area contributed by atoms with Crippen molar-refractivity contribution in [1.82, 2.24) is 10.3 Å². The van der Waals surface area contributed by atoms with Crippen molar-refractivity contribution in [2.45, 2.75) is 51.4 Å². The summed E-state index contributed by atoms with van der Waals surface area (Å²) < 4.78 is 28.9. The van der Waals surface area contributed by atoms with E-state index in [2.05, 4.69) is 15.0 Å². The highest BCUT2D eigenvalue weighted by atomic mass is 19.3. The minimum absolute atomic E-state index is 0.0343. The molecule has 0 aliphatic heterocycles. The molecule has 0 saturated heterocycles. The molecule has 140 valence electrons. The molecule has 1 aliphatic rings. The Morgan fingerprint density at radius 1 is 1.27 bits per heavy atom. The van der Waals surface area contributed by atoms with E-state index < -0.39 is 6.61 Å². The summed E-state index contributed by atoms with van der Waals surface area (Å²) in [4.78, 5) is 16.6. The molecule has 1 aliphatic carbocycles. The highest BCUT2D eigenvalue weighted by molar-refractivity contribution is 5.97. The Labute approximate surface area is 150 Å².